The molecule has 0 unspecified atom stereocenters. The van der Waals surface area contributed by atoms with E-state index in [1.54, 1.807) is 16.8 Å². The first-order chi connectivity index (χ1) is 19.5. The van der Waals surface area contributed by atoms with Gasteiger partial charge in [-0.15, -0.1) is 0 Å². The largest absolute Gasteiger partial charge is 0.368 e. The van der Waals surface area contributed by atoms with Crippen LogP contribution in [0.25, 0.3) is 5.78 Å². The summed E-state index contributed by atoms with van der Waals surface area (Å²) in [7, 11) is 0. The predicted octanol–water partition coefficient (Wildman–Crippen LogP) is 4.37. The molecule has 0 saturated carbocycles. The molecule has 1 aliphatic heterocycles. The van der Waals surface area contributed by atoms with Crippen LogP contribution in [-0.2, 0) is 13.0 Å². The maximum atomic E-state index is 13.2. The molecule has 0 atom stereocenters. The van der Waals surface area contributed by atoms with Crippen LogP contribution in [0.4, 0.5) is 11.5 Å². The minimum Gasteiger partial charge on any atom is -0.368 e. The Morgan fingerprint density at radius 1 is 0.850 bits per heavy atom. The van der Waals surface area contributed by atoms with Crippen molar-refractivity contribution in [2.24, 2.45) is 0 Å². The second-order valence-corrected chi connectivity index (χ2v) is 10.2. The zero-order valence-electron chi connectivity index (χ0n) is 22.8. The number of piperazine rings is 1. The summed E-state index contributed by atoms with van der Waals surface area (Å²) in [4.78, 5) is 39.8. The molecule has 0 amide bonds. The number of fused-ring (bicyclic) bond motifs is 1. The topological polar surface area (TPSA) is 75.7 Å². The van der Waals surface area contributed by atoms with Crippen molar-refractivity contribution in [2.75, 3.05) is 36.0 Å². The Balaban J connectivity index is 1.11. The standard InChI is InChI=1S/C32H32N6O2/c1-3-28-23(2)34-32-37(19-20-38(32)31(28)40)22-24-9-11-25(12-10-24)30(39)26-13-14-29(33-21-26)36-17-15-35(16-18-36)27-7-5-4-6-8-27/h4-14,19-21H,3,15-18,22H2,1-2H3. The molecule has 0 aliphatic carbocycles. The van der Waals surface area contributed by atoms with Crippen LogP contribution in [0, 0.1) is 6.92 Å². The molecule has 8 heteroatoms. The molecular formula is C32H32N6O2. The Hall–Kier alpha value is -4.72. The number of hydrogen-bond donors (Lipinski definition) is 0. The van der Waals surface area contributed by atoms with Crippen molar-refractivity contribution < 1.29 is 4.79 Å². The van der Waals surface area contributed by atoms with Gasteiger partial charge in [0, 0.05) is 72.8 Å². The third-order valence-corrected chi connectivity index (χ3v) is 7.71. The van der Waals surface area contributed by atoms with E-state index < -0.39 is 0 Å². The highest BCUT2D eigenvalue weighted by molar-refractivity contribution is 6.08. The second-order valence-electron chi connectivity index (χ2n) is 10.2. The fourth-order valence-electron chi connectivity index (χ4n) is 5.41. The van der Waals surface area contributed by atoms with Crippen molar-refractivity contribution in [2.45, 2.75) is 26.8 Å². The van der Waals surface area contributed by atoms with E-state index in [2.05, 4.69) is 44.0 Å². The molecule has 1 saturated heterocycles. The molecule has 6 rings (SSSR count). The summed E-state index contributed by atoms with van der Waals surface area (Å²) in [5.41, 5.74) is 4.94. The van der Waals surface area contributed by atoms with E-state index >= 15 is 0 Å². The van der Waals surface area contributed by atoms with E-state index in [1.165, 1.54) is 5.69 Å². The molecule has 3 aromatic heterocycles. The van der Waals surface area contributed by atoms with Crippen LogP contribution in [-0.4, -0.2) is 50.9 Å². The summed E-state index contributed by atoms with van der Waals surface area (Å²) < 4.78 is 3.55. The van der Waals surface area contributed by atoms with Gasteiger partial charge in [-0.2, -0.15) is 0 Å². The number of imidazole rings is 1. The number of para-hydroxylation sites is 1. The lowest BCUT2D eigenvalue weighted by Crippen LogP contribution is -2.46. The monoisotopic (exact) mass is 532 g/mol. The first-order valence-corrected chi connectivity index (χ1v) is 13.7. The number of anilines is 2. The number of rotatable bonds is 7. The molecular weight excluding hydrogens is 500 g/mol. The van der Waals surface area contributed by atoms with Gasteiger partial charge in [0.2, 0.25) is 5.78 Å². The Kier molecular flexibility index (Phi) is 6.90. The number of aromatic nitrogens is 4. The van der Waals surface area contributed by atoms with Gasteiger partial charge in [0.25, 0.3) is 5.56 Å². The molecule has 40 heavy (non-hydrogen) atoms. The van der Waals surface area contributed by atoms with Crippen molar-refractivity contribution in [1.82, 2.24) is 18.9 Å². The average molecular weight is 533 g/mol. The minimum atomic E-state index is -0.0538. The minimum absolute atomic E-state index is 0.0150. The Labute approximate surface area is 233 Å². The first-order valence-electron chi connectivity index (χ1n) is 13.7. The molecule has 0 N–H and O–H groups in total. The Morgan fingerprint density at radius 3 is 2.23 bits per heavy atom. The molecule has 202 valence electrons. The second kappa shape index (κ2) is 10.8. The van der Waals surface area contributed by atoms with Crippen LogP contribution < -0.4 is 15.4 Å². The summed E-state index contributed by atoms with van der Waals surface area (Å²) >= 11 is 0. The fraction of sp³-hybridized carbons (Fsp3) is 0.250. The van der Waals surface area contributed by atoms with Crippen molar-refractivity contribution in [3.8, 4) is 0 Å². The van der Waals surface area contributed by atoms with Gasteiger partial charge in [-0.1, -0.05) is 49.4 Å². The van der Waals surface area contributed by atoms with Crippen molar-refractivity contribution in [3.63, 3.8) is 0 Å². The molecule has 4 heterocycles. The first kappa shape index (κ1) is 25.6. The van der Waals surface area contributed by atoms with Gasteiger partial charge in [-0.25, -0.2) is 9.97 Å². The van der Waals surface area contributed by atoms with Crippen LogP contribution >= 0.6 is 0 Å². The molecule has 0 spiro atoms. The lowest BCUT2D eigenvalue weighted by atomic mass is 10.0. The molecule has 0 bridgehead atoms. The number of carbonyl (C=O) groups is 1. The molecule has 5 aromatic rings. The number of carbonyl (C=O) groups excluding carboxylic acids is 1. The summed E-state index contributed by atoms with van der Waals surface area (Å²) in [5.74, 6) is 1.46. The predicted molar refractivity (Wildman–Crippen MR) is 158 cm³/mol. The van der Waals surface area contributed by atoms with Gasteiger partial charge < -0.3 is 14.4 Å². The van der Waals surface area contributed by atoms with Gasteiger partial charge in [0.05, 0.1) is 6.54 Å². The maximum Gasteiger partial charge on any atom is 0.262 e. The smallest absolute Gasteiger partial charge is 0.262 e. The van der Waals surface area contributed by atoms with Gasteiger partial charge in [0.1, 0.15) is 5.82 Å². The fourth-order valence-corrected chi connectivity index (χ4v) is 5.41. The van der Waals surface area contributed by atoms with E-state index in [0.717, 1.165) is 48.8 Å². The number of ketones is 1. The molecule has 8 nitrogen and oxygen atoms in total. The van der Waals surface area contributed by atoms with E-state index in [1.807, 2.05) is 67.1 Å². The number of nitrogens with zero attached hydrogens (tertiary/aromatic N) is 6. The van der Waals surface area contributed by atoms with Gasteiger partial charge in [-0.05, 0) is 43.2 Å². The quantitative estimate of drug-likeness (QED) is 0.290. The Bertz CT molecular complexity index is 1700. The summed E-state index contributed by atoms with van der Waals surface area (Å²) in [6, 6.07) is 21.9. The van der Waals surface area contributed by atoms with E-state index in [-0.39, 0.29) is 11.3 Å². The molecule has 0 radical (unpaired) electrons. The normalized spacial score (nSPS) is 13.7. The summed E-state index contributed by atoms with van der Waals surface area (Å²) in [5, 5.41) is 0. The molecule has 1 fully saturated rings. The lowest BCUT2D eigenvalue weighted by Gasteiger charge is -2.36. The van der Waals surface area contributed by atoms with Crippen molar-refractivity contribution in [1.29, 1.82) is 0 Å². The number of pyridine rings is 1. The van der Waals surface area contributed by atoms with Gasteiger partial charge in [0.15, 0.2) is 5.78 Å². The SMILES string of the molecule is CCc1c(C)nc2n(Cc3ccc(C(=O)c4ccc(N5CCN(c6ccccc6)CC5)nc4)cc3)ccn2c1=O. The van der Waals surface area contributed by atoms with E-state index in [0.29, 0.717) is 29.9 Å². The van der Waals surface area contributed by atoms with Crippen LogP contribution in [0.2, 0.25) is 0 Å². The molecule has 1 aliphatic rings. The zero-order chi connectivity index (χ0) is 27.6. The highest BCUT2D eigenvalue weighted by Crippen LogP contribution is 2.20. The van der Waals surface area contributed by atoms with Crippen molar-refractivity contribution >= 4 is 23.1 Å². The third-order valence-electron chi connectivity index (χ3n) is 7.71. The molecule has 2 aromatic carbocycles. The van der Waals surface area contributed by atoms with Gasteiger partial charge in [-0.3, -0.25) is 14.0 Å². The van der Waals surface area contributed by atoms with E-state index in [4.69, 9.17) is 0 Å². The van der Waals surface area contributed by atoms with Crippen LogP contribution in [0.3, 0.4) is 0 Å². The number of aryl methyl sites for hydroxylation is 1. The maximum absolute atomic E-state index is 13.2. The van der Waals surface area contributed by atoms with Crippen LogP contribution in [0.1, 0.15) is 39.7 Å². The van der Waals surface area contributed by atoms with Crippen molar-refractivity contribution in [3.05, 3.63) is 124 Å². The zero-order valence-corrected chi connectivity index (χ0v) is 22.8. The number of hydrogen-bond acceptors (Lipinski definition) is 6. The highest BCUT2D eigenvalue weighted by atomic mass is 16.1. The number of benzene rings is 2. The van der Waals surface area contributed by atoms with Crippen LogP contribution in [0.5, 0.6) is 0 Å². The average Bonchev–Trinajstić information content (AvgIpc) is 3.40. The lowest BCUT2D eigenvalue weighted by molar-refractivity contribution is 0.103. The summed E-state index contributed by atoms with van der Waals surface area (Å²) in [6.45, 7) is 8.04. The highest BCUT2D eigenvalue weighted by Gasteiger charge is 2.19. The Morgan fingerprint density at radius 2 is 1.55 bits per heavy atom. The summed E-state index contributed by atoms with van der Waals surface area (Å²) in [6.07, 6.45) is 5.97. The van der Waals surface area contributed by atoms with Crippen LogP contribution in [0.15, 0.2) is 90.1 Å². The van der Waals surface area contributed by atoms with Gasteiger partial charge >= 0.3 is 0 Å². The van der Waals surface area contributed by atoms with E-state index in [9.17, 15) is 9.59 Å². The third kappa shape index (κ3) is 4.88.